The van der Waals surface area contributed by atoms with E-state index in [0.29, 0.717) is 40.7 Å². The third-order valence-electron chi connectivity index (χ3n) is 3.87. The summed E-state index contributed by atoms with van der Waals surface area (Å²) >= 11 is 1.33. The molecule has 1 aromatic heterocycles. The van der Waals surface area contributed by atoms with E-state index in [1.807, 2.05) is 0 Å². The summed E-state index contributed by atoms with van der Waals surface area (Å²) in [5.41, 5.74) is 1.00. The third-order valence-corrected chi connectivity index (χ3v) is 4.92. The Bertz CT molecular complexity index is 816. The number of carbonyl (C=O) groups is 2. The van der Waals surface area contributed by atoms with Crippen LogP contribution in [0.4, 0.5) is 5.13 Å². The zero-order valence-electron chi connectivity index (χ0n) is 11.9. The number of fused-ring (bicyclic) bond motifs is 2. The standard InChI is InChI=1S/C15H12N2O5S/c18-13(7-1-3-9-10(5-7)22-6-21-9)17-15-16-12-8(14(19)20)2-4-11(12)23-15/h1,3,5,8H,2,4,6H2,(H,19,20)(H,16,17,18). The average Bonchev–Trinajstić information content (AvgIpc) is 3.20. The van der Waals surface area contributed by atoms with Crippen molar-refractivity contribution < 1.29 is 24.2 Å². The second-order valence-electron chi connectivity index (χ2n) is 5.28. The zero-order chi connectivity index (χ0) is 16.0. The van der Waals surface area contributed by atoms with Gasteiger partial charge in [-0.05, 0) is 31.0 Å². The third kappa shape index (κ3) is 2.40. The lowest BCUT2D eigenvalue weighted by Crippen LogP contribution is -2.13. The van der Waals surface area contributed by atoms with Crippen LogP contribution in [0.5, 0.6) is 11.5 Å². The van der Waals surface area contributed by atoms with Crippen LogP contribution >= 0.6 is 11.3 Å². The number of anilines is 1. The predicted molar refractivity (Wildman–Crippen MR) is 81.3 cm³/mol. The second-order valence-corrected chi connectivity index (χ2v) is 6.36. The maximum absolute atomic E-state index is 12.3. The molecule has 1 unspecified atom stereocenters. The fourth-order valence-electron chi connectivity index (χ4n) is 2.73. The Morgan fingerprint density at radius 3 is 2.96 bits per heavy atom. The number of carbonyl (C=O) groups excluding carboxylic acids is 1. The Labute approximate surface area is 134 Å². The molecule has 2 heterocycles. The van der Waals surface area contributed by atoms with Gasteiger partial charge in [0.05, 0.1) is 5.69 Å². The molecule has 8 heteroatoms. The van der Waals surface area contributed by atoms with E-state index in [0.717, 1.165) is 4.88 Å². The van der Waals surface area contributed by atoms with Crippen LogP contribution in [0.25, 0.3) is 0 Å². The Morgan fingerprint density at radius 2 is 2.13 bits per heavy atom. The number of nitrogens with zero attached hydrogens (tertiary/aromatic N) is 1. The van der Waals surface area contributed by atoms with Crippen molar-refractivity contribution in [3.63, 3.8) is 0 Å². The number of nitrogens with one attached hydrogen (secondary N) is 1. The van der Waals surface area contributed by atoms with Crippen molar-refractivity contribution in [1.29, 1.82) is 0 Å². The molecule has 118 valence electrons. The number of carboxylic acids is 1. The summed E-state index contributed by atoms with van der Waals surface area (Å²) in [6.07, 6.45) is 1.25. The first-order valence-electron chi connectivity index (χ1n) is 7.05. The van der Waals surface area contributed by atoms with Crippen molar-refractivity contribution in [1.82, 2.24) is 4.98 Å². The van der Waals surface area contributed by atoms with E-state index in [9.17, 15) is 14.7 Å². The molecule has 4 rings (SSSR count). The van der Waals surface area contributed by atoms with Gasteiger partial charge in [-0.25, -0.2) is 4.98 Å². The molecule has 23 heavy (non-hydrogen) atoms. The van der Waals surface area contributed by atoms with Gasteiger partial charge in [0.15, 0.2) is 16.6 Å². The Balaban J connectivity index is 1.54. The molecular formula is C15H12N2O5S. The van der Waals surface area contributed by atoms with Gasteiger partial charge in [-0.3, -0.25) is 14.9 Å². The second kappa shape index (κ2) is 5.24. The van der Waals surface area contributed by atoms with E-state index in [1.165, 1.54) is 11.3 Å². The summed E-state index contributed by atoms with van der Waals surface area (Å²) < 4.78 is 10.5. The molecule has 2 aromatic rings. The summed E-state index contributed by atoms with van der Waals surface area (Å²) in [5.74, 6) is -0.618. The summed E-state index contributed by atoms with van der Waals surface area (Å²) in [7, 11) is 0. The quantitative estimate of drug-likeness (QED) is 0.894. The monoisotopic (exact) mass is 332 g/mol. The first-order valence-corrected chi connectivity index (χ1v) is 7.87. The molecule has 0 fully saturated rings. The van der Waals surface area contributed by atoms with Gasteiger partial charge in [0.25, 0.3) is 5.91 Å². The van der Waals surface area contributed by atoms with Gasteiger partial charge in [-0.1, -0.05) is 0 Å². The zero-order valence-corrected chi connectivity index (χ0v) is 12.7. The number of aryl methyl sites for hydroxylation is 1. The topological polar surface area (TPSA) is 97.8 Å². The number of aliphatic carboxylic acids is 1. The Hall–Kier alpha value is -2.61. The highest BCUT2D eigenvalue weighted by atomic mass is 32.1. The molecule has 1 amide bonds. The highest BCUT2D eigenvalue weighted by molar-refractivity contribution is 7.16. The maximum atomic E-state index is 12.3. The molecular weight excluding hydrogens is 320 g/mol. The van der Waals surface area contributed by atoms with Gasteiger partial charge < -0.3 is 14.6 Å². The SMILES string of the molecule is O=C(Nc1nc2c(s1)CCC2C(=O)O)c1ccc2c(c1)OCO2. The van der Waals surface area contributed by atoms with E-state index in [4.69, 9.17) is 9.47 Å². The highest BCUT2D eigenvalue weighted by Gasteiger charge is 2.32. The van der Waals surface area contributed by atoms with Gasteiger partial charge in [-0.15, -0.1) is 11.3 Å². The first-order chi connectivity index (χ1) is 11.1. The molecule has 0 saturated carbocycles. The van der Waals surface area contributed by atoms with Gasteiger partial charge in [0.2, 0.25) is 6.79 Å². The molecule has 0 bridgehead atoms. The van der Waals surface area contributed by atoms with Gasteiger partial charge in [-0.2, -0.15) is 0 Å². The predicted octanol–water partition coefficient (Wildman–Crippen LogP) is 2.24. The van der Waals surface area contributed by atoms with Crippen LogP contribution in [-0.2, 0) is 11.2 Å². The largest absolute Gasteiger partial charge is 0.481 e. The minimum Gasteiger partial charge on any atom is -0.481 e. The van der Waals surface area contributed by atoms with Crippen molar-refractivity contribution in [2.45, 2.75) is 18.8 Å². The number of thiazole rings is 1. The number of hydrogen-bond donors (Lipinski definition) is 2. The number of hydrogen-bond acceptors (Lipinski definition) is 6. The number of amides is 1. The lowest BCUT2D eigenvalue weighted by Gasteiger charge is -2.04. The fourth-order valence-corrected chi connectivity index (χ4v) is 3.76. The van der Waals surface area contributed by atoms with Gasteiger partial charge in [0.1, 0.15) is 5.92 Å². The van der Waals surface area contributed by atoms with Crippen LogP contribution < -0.4 is 14.8 Å². The van der Waals surface area contributed by atoms with Crippen molar-refractivity contribution in [2.75, 3.05) is 12.1 Å². The van der Waals surface area contributed by atoms with Crippen molar-refractivity contribution >= 4 is 28.3 Å². The first kappa shape index (κ1) is 14.0. The van der Waals surface area contributed by atoms with Crippen LogP contribution in [0, 0.1) is 0 Å². The average molecular weight is 332 g/mol. The van der Waals surface area contributed by atoms with Crippen LogP contribution in [0.15, 0.2) is 18.2 Å². The molecule has 0 radical (unpaired) electrons. The van der Waals surface area contributed by atoms with Crippen LogP contribution in [0.2, 0.25) is 0 Å². The van der Waals surface area contributed by atoms with Crippen LogP contribution in [0.1, 0.15) is 33.3 Å². The van der Waals surface area contributed by atoms with Crippen molar-refractivity contribution in [3.05, 3.63) is 34.3 Å². The van der Waals surface area contributed by atoms with Crippen LogP contribution in [-0.4, -0.2) is 28.8 Å². The minimum atomic E-state index is -0.873. The van der Waals surface area contributed by atoms with E-state index in [2.05, 4.69) is 10.3 Å². The van der Waals surface area contributed by atoms with Gasteiger partial charge >= 0.3 is 5.97 Å². The summed E-state index contributed by atoms with van der Waals surface area (Å²) in [6, 6.07) is 4.93. The molecule has 1 aromatic carbocycles. The van der Waals surface area contributed by atoms with Crippen molar-refractivity contribution in [3.8, 4) is 11.5 Å². The number of rotatable bonds is 3. The van der Waals surface area contributed by atoms with Crippen LogP contribution in [0.3, 0.4) is 0 Å². The summed E-state index contributed by atoms with van der Waals surface area (Å²) in [5, 5.41) is 12.3. The lowest BCUT2D eigenvalue weighted by molar-refractivity contribution is -0.138. The molecule has 0 spiro atoms. The maximum Gasteiger partial charge on any atom is 0.312 e. The van der Waals surface area contributed by atoms with E-state index in [-0.39, 0.29) is 12.7 Å². The summed E-state index contributed by atoms with van der Waals surface area (Å²) in [4.78, 5) is 28.7. The minimum absolute atomic E-state index is 0.149. The van der Waals surface area contributed by atoms with E-state index < -0.39 is 11.9 Å². The van der Waals surface area contributed by atoms with E-state index >= 15 is 0 Å². The summed E-state index contributed by atoms with van der Waals surface area (Å²) in [6.45, 7) is 0.149. The van der Waals surface area contributed by atoms with E-state index in [1.54, 1.807) is 18.2 Å². The fraction of sp³-hybridized carbons (Fsp3) is 0.267. The number of aromatic nitrogens is 1. The molecule has 1 aliphatic carbocycles. The van der Waals surface area contributed by atoms with Gasteiger partial charge in [0, 0.05) is 10.4 Å². The molecule has 2 aliphatic rings. The molecule has 1 atom stereocenters. The normalized spacial score (nSPS) is 17.8. The van der Waals surface area contributed by atoms with Crippen molar-refractivity contribution in [2.24, 2.45) is 0 Å². The lowest BCUT2D eigenvalue weighted by atomic mass is 10.1. The molecule has 1 aliphatic heterocycles. The molecule has 0 saturated heterocycles. The Kier molecular flexibility index (Phi) is 3.19. The molecule has 2 N–H and O–H groups in total. The number of ether oxygens (including phenoxy) is 2. The molecule has 7 nitrogen and oxygen atoms in total. The Morgan fingerprint density at radius 1 is 1.30 bits per heavy atom. The number of carboxylic acid groups (broad SMARTS) is 1. The highest BCUT2D eigenvalue weighted by Crippen LogP contribution is 2.38. The number of benzene rings is 1. The smallest absolute Gasteiger partial charge is 0.312 e.